The zero-order chi connectivity index (χ0) is 14.3. The fourth-order valence-electron chi connectivity index (χ4n) is 1.89. The predicted molar refractivity (Wildman–Crippen MR) is 82.3 cm³/mol. The molecule has 20 heavy (non-hydrogen) atoms. The average Bonchev–Trinajstić information content (AvgIpc) is 2.97. The molecule has 3 aromatic rings. The molecule has 0 spiro atoms. The summed E-state index contributed by atoms with van der Waals surface area (Å²) in [4.78, 5) is 0.787. The molecular formula is C13H7BrClFN2OS. The van der Waals surface area contributed by atoms with Gasteiger partial charge in [-0.15, -0.1) is 11.3 Å². The minimum absolute atomic E-state index is 0.108. The first kappa shape index (κ1) is 13.6. The molecule has 0 saturated heterocycles. The molecule has 0 bridgehead atoms. The van der Waals surface area contributed by atoms with E-state index in [2.05, 4.69) is 21.1 Å². The van der Waals surface area contributed by atoms with Gasteiger partial charge in [-0.3, -0.25) is 0 Å². The van der Waals surface area contributed by atoms with Crippen LogP contribution in [-0.2, 0) is 0 Å². The molecule has 1 aromatic carbocycles. The maximum absolute atomic E-state index is 14.1. The molecule has 0 amide bonds. The maximum atomic E-state index is 14.1. The van der Waals surface area contributed by atoms with Crippen LogP contribution < -0.4 is 5.73 Å². The van der Waals surface area contributed by atoms with Crippen LogP contribution in [0, 0.1) is 5.82 Å². The zero-order valence-electron chi connectivity index (χ0n) is 9.86. The quantitative estimate of drug-likeness (QED) is 0.671. The van der Waals surface area contributed by atoms with Crippen molar-refractivity contribution in [3.05, 3.63) is 45.0 Å². The number of benzene rings is 1. The van der Waals surface area contributed by atoms with Gasteiger partial charge in [-0.25, -0.2) is 4.39 Å². The van der Waals surface area contributed by atoms with E-state index >= 15 is 0 Å². The summed E-state index contributed by atoms with van der Waals surface area (Å²) in [5.41, 5.74) is 6.40. The second-order valence-corrected chi connectivity index (χ2v) is 6.84. The molecule has 0 unspecified atom stereocenters. The minimum atomic E-state index is -0.468. The molecule has 2 aromatic heterocycles. The van der Waals surface area contributed by atoms with Gasteiger partial charge >= 0.3 is 0 Å². The van der Waals surface area contributed by atoms with Gasteiger partial charge in [0, 0.05) is 5.56 Å². The summed E-state index contributed by atoms with van der Waals surface area (Å²) < 4.78 is 20.3. The van der Waals surface area contributed by atoms with Crippen LogP contribution in [0.4, 0.5) is 10.2 Å². The van der Waals surface area contributed by atoms with Gasteiger partial charge in [0.25, 0.3) is 0 Å². The van der Waals surface area contributed by atoms with Crippen LogP contribution in [0.5, 0.6) is 0 Å². The van der Waals surface area contributed by atoms with E-state index in [-0.39, 0.29) is 16.4 Å². The number of hydrogen-bond donors (Lipinski definition) is 1. The number of rotatable bonds is 2. The van der Waals surface area contributed by atoms with Crippen LogP contribution >= 0.6 is 38.9 Å². The molecule has 102 valence electrons. The topological polar surface area (TPSA) is 52.0 Å². The Morgan fingerprint density at radius 1 is 1.25 bits per heavy atom. The van der Waals surface area contributed by atoms with Crippen LogP contribution in [0.25, 0.3) is 21.8 Å². The number of anilines is 1. The molecule has 7 heteroatoms. The fourth-order valence-corrected chi connectivity index (χ4v) is 3.51. The van der Waals surface area contributed by atoms with Gasteiger partial charge in [0.1, 0.15) is 5.82 Å². The number of nitrogens with zero attached hydrogens (tertiary/aromatic N) is 1. The summed E-state index contributed by atoms with van der Waals surface area (Å²) in [6.07, 6.45) is 0. The average molecular weight is 374 g/mol. The third-order valence-corrected chi connectivity index (χ3v) is 4.67. The number of thiophene rings is 1. The van der Waals surface area contributed by atoms with E-state index < -0.39 is 5.82 Å². The lowest BCUT2D eigenvalue weighted by atomic mass is 10.0. The standard InChI is InChI=1S/C13H7BrClFN2OS/c14-9-5-4-8(20-9)12-11(13(17)18-19-12)10-6(15)2-1-3-7(10)16/h1-5H,(H2,17,18). The van der Waals surface area contributed by atoms with Crippen molar-refractivity contribution >= 4 is 44.7 Å². The second-order valence-electron chi connectivity index (χ2n) is 3.97. The van der Waals surface area contributed by atoms with E-state index in [1.165, 1.54) is 23.5 Å². The van der Waals surface area contributed by atoms with E-state index in [1.807, 2.05) is 12.1 Å². The van der Waals surface area contributed by atoms with Gasteiger partial charge < -0.3 is 10.3 Å². The van der Waals surface area contributed by atoms with Crippen LogP contribution in [-0.4, -0.2) is 5.16 Å². The number of nitrogens with two attached hydrogens (primary N) is 1. The van der Waals surface area contributed by atoms with Crippen molar-refractivity contribution < 1.29 is 8.91 Å². The lowest BCUT2D eigenvalue weighted by Gasteiger charge is -2.05. The van der Waals surface area contributed by atoms with Crippen molar-refractivity contribution in [1.82, 2.24) is 5.16 Å². The molecule has 2 N–H and O–H groups in total. The maximum Gasteiger partial charge on any atom is 0.187 e. The van der Waals surface area contributed by atoms with E-state index in [9.17, 15) is 4.39 Å². The third-order valence-electron chi connectivity index (χ3n) is 2.73. The van der Waals surface area contributed by atoms with E-state index in [4.69, 9.17) is 21.9 Å². The molecule has 2 heterocycles. The first-order valence-corrected chi connectivity index (χ1v) is 7.52. The third kappa shape index (κ3) is 2.24. The minimum Gasteiger partial charge on any atom is -0.380 e. The lowest BCUT2D eigenvalue weighted by Crippen LogP contribution is -1.92. The molecule has 0 aliphatic heterocycles. The molecule has 0 aliphatic rings. The van der Waals surface area contributed by atoms with Gasteiger partial charge in [0.2, 0.25) is 0 Å². The Kier molecular flexibility index (Phi) is 3.54. The molecule has 0 fully saturated rings. The van der Waals surface area contributed by atoms with E-state index in [0.29, 0.717) is 11.3 Å². The van der Waals surface area contributed by atoms with Crippen molar-refractivity contribution in [3.63, 3.8) is 0 Å². The molecule has 0 aliphatic carbocycles. The molecule has 0 atom stereocenters. The lowest BCUT2D eigenvalue weighted by molar-refractivity contribution is 0.437. The molecule has 0 saturated carbocycles. The molecule has 3 nitrogen and oxygen atoms in total. The van der Waals surface area contributed by atoms with E-state index in [0.717, 1.165) is 8.66 Å². The number of hydrogen-bond acceptors (Lipinski definition) is 4. The Hall–Kier alpha value is -1.37. The Balaban J connectivity index is 2.27. The van der Waals surface area contributed by atoms with Crippen molar-refractivity contribution in [2.75, 3.05) is 5.73 Å². The largest absolute Gasteiger partial charge is 0.380 e. The normalized spacial score (nSPS) is 10.9. The molecule has 3 rings (SSSR count). The Morgan fingerprint density at radius 3 is 2.70 bits per heavy atom. The van der Waals surface area contributed by atoms with Crippen molar-refractivity contribution in [3.8, 4) is 21.8 Å². The van der Waals surface area contributed by atoms with Crippen LogP contribution in [0.15, 0.2) is 38.6 Å². The molecule has 0 radical (unpaired) electrons. The van der Waals surface area contributed by atoms with Gasteiger partial charge in [0.05, 0.1) is 19.2 Å². The van der Waals surface area contributed by atoms with Gasteiger partial charge in [-0.2, -0.15) is 0 Å². The van der Waals surface area contributed by atoms with Crippen LogP contribution in [0.1, 0.15) is 0 Å². The summed E-state index contributed by atoms with van der Waals surface area (Å²) in [5, 5.41) is 3.99. The SMILES string of the molecule is Nc1noc(-c2ccc(Br)s2)c1-c1c(F)cccc1Cl. The van der Waals surface area contributed by atoms with Gasteiger partial charge in [-0.1, -0.05) is 22.8 Å². The number of nitrogen functional groups attached to an aromatic ring is 1. The summed E-state index contributed by atoms with van der Waals surface area (Å²) >= 11 is 10.9. The highest BCUT2D eigenvalue weighted by atomic mass is 79.9. The second kappa shape index (κ2) is 5.20. The smallest absolute Gasteiger partial charge is 0.187 e. The number of halogens is 3. The van der Waals surface area contributed by atoms with Crippen molar-refractivity contribution in [2.24, 2.45) is 0 Å². The first-order valence-electron chi connectivity index (χ1n) is 5.53. The zero-order valence-corrected chi connectivity index (χ0v) is 13.0. The highest BCUT2D eigenvalue weighted by molar-refractivity contribution is 9.11. The fraction of sp³-hybridized carbons (Fsp3) is 0. The Morgan fingerprint density at radius 2 is 2.05 bits per heavy atom. The Bertz CT molecular complexity index is 766. The molecular weight excluding hydrogens is 367 g/mol. The highest BCUT2D eigenvalue weighted by Crippen LogP contribution is 2.43. The highest BCUT2D eigenvalue weighted by Gasteiger charge is 2.23. The van der Waals surface area contributed by atoms with E-state index in [1.54, 1.807) is 6.07 Å². The summed E-state index contributed by atoms with van der Waals surface area (Å²) in [6, 6.07) is 8.16. The summed E-state index contributed by atoms with van der Waals surface area (Å²) in [6.45, 7) is 0. The summed E-state index contributed by atoms with van der Waals surface area (Å²) in [5.74, 6) is 0.0472. The number of aromatic nitrogens is 1. The van der Waals surface area contributed by atoms with Crippen molar-refractivity contribution in [2.45, 2.75) is 0 Å². The van der Waals surface area contributed by atoms with Gasteiger partial charge in [-0.05, 0) is 40.2 Å². The first-order chi connectivity index (χ1) is 9.58. The monoisotopic (exact) mass is 372 g/mol. The van der Waals surface area contributed by atoms with Crippen LogP contribution in [0.2, 0.25) is 5.02 Å². The summed E-state index contributed by atoms with van der Waals surface area (Å²) in [7, 11) is 0. The van der Waals surface area contributed by atoms with Crippen LogP contribution in [0.3, 0.4) is 0 Å². The van der Waals surface area contributed by atoms with Gasteiger partial charge in [0.15, 0.2) is 11.6 Å². The Labute approximate surface area is 131 Å². The predicted octanol–water partition coefficient (Wildman–Crippen LogP) is 5.21. The van der Waals surface area contributed by atoms with Crippen molar-refractivity contribution in [1.29, 1.82) is 0 Å².